The van der Waals surface area contributed by atoms with Crippen molar-refractivity contribution in [3.8, 4) is 17.2 Å². The van der Waals surface area contributed by atoms with Crippen LogP contribution >= 0.6 is 0 Å². The van der Waals surface area contributed by atoms with Gasteiger partial charge in [0.25, 0.3) is 23.6 Å². The molecule has 82 heavy (non-hydrogen) atoms. The van der Waals surface area contributed by atoms with Crippen molar-refractivity contribution in [3.05, 3.63) is 130 Å². The van der Waals surface area contributed by atoms with Crippen molar-refractivity contribution < 1.29 is 62.2 Å². The Balaban J connectivity index is 0.720. The molecule has 5 aliphatic heterocycles. The number of hydrogen-bond donors (Lipinski definition) is 5. The molecule has 5 aromatic rings. The minimum absolute atomic E-state index is 0.0149. The third kappa shape index (κ3) is 11.4. The van der Waals surface area contributed by atoms with Crippen molar-refractivity contribution in [2.45, 2.75) is 83.6 Å². The topological polar surface area (TPSA) is 273 Å². The van der Waals surface area contributed by atoms with Crippen LogP contribution in [-0.4, -0.2) is 110 Å². The van der Waals surface area contributed by atoms with E-state index in [4.69, 9.17) is 24.0 Å². The van der Waals surface area contributed by atoms with Crippen LogP contribution in [0.25, 0.3) is 0 Å². The van der Waals surface area contributed by atoms with E-state index < -0.39 is 72.9 Å². The zero-order chi connectivity index (χ0) is 57.2. The standard InChI is InChI=1S/C60H59N9O13/c1-33-17-43-45(61-26-41-21-38-7-3-5-9-47(38)67(41)58(43)76)24-49(33)80-31-34-18-35(32-81-51-25-46-44(23-50(51)79-2)59(77)68-42(27-62-46)22-39-8-4-6-10-48(39)68)20-40(19-34)66-54(72)30-64-52(70)28-63-53(71)29-65-57(75)36-11-13-37(14-12-36)60(78)82-69-55(73)15-16-56(69)74/h3-10,17-20,23-26,36-37,41-42,62H,11-16,21-22,27-32H2,1-2H3,(H,63,71)(H,64,70)(H,65,75)(H,66,72)/t36?,37?,41-,42-/m0/s1. The van der Waals surface area contributed by atoms with Gasteiger partial charge < -0.3 is 50.5 Å². The number of ether oxygens (including phenoxy) is 3. The van der Waals surface area contributed by atoms with Crippen LogP contribution < -0.4 is 50.6 Å². The molecule has 2 atom stereocenters. The normalized spacial score (nSPS) is 19.2. The van der Waals surface area contributed by atoms with Gasteiger partial charge in [0.2, 0.25) is 23.6 Å². The molecule has 1 saturated carbocycles. The van der Waals surface area contributed by atoms with E-state index in [0.717, 1.165) is 28.9 Å². The van der Waals surface area contributed by atoms with Crippen LogP contribution in [0.15, 0.2) is 96.0 Å². The van der Waals surface area contributed by atoms with Gasteiger partial charge in [-0.2, -0.15) is 0 Å². The summed E-state index contributed by atoms with van der Waals surface area (Å²) in [5, 5.41) is 14.3. The van der Waals surface area contributed by atoms with Crippen molar-refractivity contribution in [2.75, 3.05) is 53.7 Å². The van der Waals surface area contributed by atoms with Crippen LogP contribution in [0.3, 0.4) is 0 Å². The van der Waals surface area contributed by atoms with Crippen molar-refractivity contribution in [1.29, 1.82) is 0 Å². The predicted octanol–water partition coefficient (Wildman–Crippen LogP) is 5.15. The van der Waals surface area contributed by atoms with E-state index in [1.807, 2.05) is 66.4 Å². The van der Waals surface area contributed by atoms with Crippen molar-refractivity contribution in [1.82, 2.24) is 21.0 Å². The highest BCUT2D eigenvalue weighted by Gasteiger charge is 2.40. The molecule has 0 unspecified atom stereocenters. The number of hydrogen-bond acceptors (Lipinski definition) is 15. The average Bonchev–Trinajstić information content (AvgIpc) is 2.99. The Labute approximate surface area is 470 Å². The van der Waals surface area contributed by atoms with Gasteiger partial charge in [0.1, 0.15) is 19.0 Å². The molecule has 11 rings (SSSR count). The number of benzene rings is 5. The molecule has 422 valence electrons. The summed E-state index contributed by atoms with van der Waals surface area (Å²) in [7, 11) is 1.50. The number of para-hydroxylation sites is 2. The molecule has 8 amide bonds. The minimum Gasteiger partial charge on any atom is -0.493 e. The van der Waals surface area contributed by atoms with Gasteiger partial charge in [0, 0.05) is 67.1 Å². The Morgan fingerprint density at radius 2 is 1.26 bits per heavy atom. The highest BCUT2D eigenvalue weighted by atomic mass is 16.7. The number of amides is 8. The maximum atomic E-state index is 14.1. The van der Waals surface area contributed by atoms with E-state index in [2.05, 4.69) is 26.6 Å². The van der Waals surface area contributed by atoms with Crippen LogP contribution in [0.5, 0.6) is 17.2 Å². The van der Waals surface area contributed by atoms with Gasteiger partial charge in [-0.1, -0.05) is 36.4 Å². The number of imide groups is 1. The molecule has 2 fully saturated rings. The summed E-state index contributed by atoms with van der Waals surface area (Å²) in [6.07, 6.45) is 4.36. The molecule has 1 saturated heterocycles. The van der Waals surface area contributed by atoms with Gasteiger partial charge in [0.15, 0.2) is 11.5 Å². The molecule has 5 N–H and O–H groups in total. The minimum atomic E-state index is -0.702. The first-order valence-corrected chi connectivity index (χ1v) is 27.2. The quantitative estimate of drug-likeness (QED) is 0.0755. The summed E-state index contributed by atoms with van der Waals surface area (Å²) in [4.78, 5) is 130. The number of hydroxylamine groups is 2. The molecule has 5 aromatic carbocycles. The Morgan fingerprint density at radius 1 is 0.646 bits per heavy atom. The molecule has 6 aliphatic rings. The molecule has 0 spiro atoms. The van der Waals surface area contributed by atoms with E-state index >= 15 is 0 Å². The summed E-state index contributed by atoms with van der Waals surface area (Å²) >= 11 is 0. The molecule has 22 nitrogen and oxygen atoms in total. The predicted molar refractivity (Wildman–Crippen MR) is 298 cm³/mol. The lowest BCUT2D eigenvalue weighted by Gasteiger charge is -2.27. The zero-order valence-electron chi connectivity index (χ0n) is 45.0. The summed E-state index contributed by atoms with van der Waals surface area (Å²) in [5.74, 6) is -4.33. The van der Waals surface area contributed by atoms with Gasteiger partial charge >= 0.3 is 5.97 Å². The molecule has 0 bridgehead atoms. The maximum Gasteiger partial charge on any atom is 0.336 e. The largest absolute Gasteiger partial charge is 0.493 e. The third-order valence-electron chi connectivity index (χ3n) is 15.6. The van der Waals surface area contributed by atoms with Crippen LogP contribution in [0.2, 0.25) is 0 Å². The van der Waals surface area contributed by atoms with Gasteiger partial charge in [0.05, 0.1) is 67.2 Å². The summed E-state index contributed by atoms with van der Waals surface area (Å²) in [6.45, 7) is 1.01. The smallest absolute Gasteiger partial charge is 0.336 e. The number of aryl methyl sites for hydroxylation is 1. The first-order chi connectivity index (χ1) is 39.7. The van der Waals surface area contributed by atoms with Gasteiger partial charge in [-0.15, -0.1) is 5.06 Å². The first-order valence-electron chi connectivity index (χ1n) is 27.2. The van der Waals surface area contributed by atoms with Crippen molar-refractivity contribution >= 4 is 87.9 Å². The second-order valence-corrected chi connectivity index (χ2v) is 21.1. The first kappa shape index (κ1) is 54.4. The molecule has 0 aromatic heterocycles. The number of nitrogens with zero attached hydrogens (tertiary/aromatic N) is 4. The van der Waals surface area contributed by atoms with Crippen molar-refractivity contribution in [2.24, 2.45) is 16.8 Å². The van der Waals surface area contributed by atoms with Gasteiger partial charge in [-0.3, -0.25) is 48.2 Å². The number of methoxy groups -OCH3 is 1. The van der Waals surface area contributed by atoms with Crippen LogP contribution in [-0.2, 0) is 64.5 Å². The Bertz CT molecular complexity index is 3490. The summed E-state index contributed by atoms with van der Waals surface area (Å²) in [5.41, 5.74) is 8.21. The van der Waals surface area contributed by atoms with E-state index in [1.165, 1.54) is 7.11 Å². The molecular formula is C60H59N9O13. The van der Waals surface area contributed by atoms with Crippen LogP contribution in [0.1, 0.15) is 87.1 Å². The summed E-state index contributed by atoms with van der Waals surface area (Å²) < 4.78 is 18.6. The van der Waals surface area contributed by atoms with E-state index in [9.17, 15) is 43.2 Å². The SMILES string of the molecule is COc1cc2c(cc1OCc1cc(COc3cc4c(cc3C)C(=O)N3c5ccccc5C[C@H]3C=N4)cc(NC(=O)CNC(=O)CNC(=O)CNC(=O)C3CCC(C(=O)ON4C(=O)CCC4=O)CC3)c1)NC[C@@H]1Cc3ccccc3N1C2=O. The van der Waals surface area contributed by atoms with Crippen LogP contribution in [0.4, 0.5) is 28.4 Å². The number of carbonyl (C=O) groups is 9. The number of carbonyl (C=O) groups excluding carboxylic acids is 9. The third-order valence-corrected chi connectivity index (χ3v) is 15.6. The molecule has 0 radical (unpaired) electrons. The monoisotopic (exact) mass is 1110 g/mol. The highest BCUT2D eigenvalue weighted by Crippen LogP contribution is 2.42. The van der Waals surface area contributed by atoms with E-state index in [1.54, 1.807) is 47.5 Å². The maximum absolute atomic E-state index is 14.1. The fourth-order valence-corrected chi connectivity index (χ4v) is 11.3. The lowest BCUT2D eigenvalue weighted by Crippen LogP contribution is -2.44. The Morgan fingerprint density at radius 3 is 1.95 bits per heavy atom. The molecule has 5 heterocycles. The molecular weight excluding hydrogens is 1050 g/mol. The average molecular weight is 1110 g/mol. The number of aliphatic imine (C=N–C) groups is 1. The fourth-order valence-electron chi connectivity index (χ4n) is 11.3. The fraction of sp³-hybridized carbons (Fsp3) is 0.333. The van der Waals surface area contributed by atoms with Crippen LogP contribution in [0, 0.1) is 18.8 Å². The number of anilines is 4. The second-order valence-electron chi connectivity index (χ2n) is 21.1. The Hall–Kier alpha value is -9.60. The number of fused-ring (bicyclic) bond motifs is 8. The van der Waals surface area contributed by atoms with Crippen molar-refractivity contribution in [3.63, 3.8) is 0 Å². The zero-order valence-corrected chi connectivity index (χ0v) is 45.0. The van der Waals surface area contributed by atoms with Gasteiger partial charge in [-0.25, -0.2) is 4.79 Å². The molecule has 22 heteroatoms. The van der Waals surface area contributed by atoms with E-state index in [0.29, 0.717) is 106 Å². The second kappa shape index (κ2) is 23.2. The number of rotatable bonds is 17. The van der Waals surface area contributed by atoms with E-state index in [-0.39, 0.29) is 50.0 Å². The lowest BCUT2D eigenvalue weighted by molar-refractivity contribution is -0.201. The Kier molecular flexibility index (Phi) is 15.4. The summed E-state index contributed by atoms with van der Waals surface area (Å²) in [6, 6.07) is 27.7. The van der Waals surface area contributed by atoms with Gasteiger partial charge in [-0.05, 0) is 109 Å². The molecule has 1 aliphatic carbocycles. The lowest BCUT2D eigenvalue weighted by atomic mass is 9.81. The number of nitrogens with one attached hydrogen (secondary N) is 5. The highest BCUT2D eigenvalue weighted by molar-refractivity contribution is 6.15.